The maximum Gasteiger partial charge on any atom is 0.305 e. The number of hydrogen-bond donors (Lipinski definition) is 3. The fraction of sp³-hybridized carbons (Fsp3) is 0.950. The van der Waals surface area contributed by atoms with Crippen molar-refractivity contribution in [2.45, 2.75) is 88.4 Å². The van der Waals surface area contributed by atoms with Crippen molar-refractivity contribution in [1.82, 2.24) is 4.90 Å². The average molecular weight is 404 g/mol. The van der Waals surface area contributed by atoms with Gasteiger partial charge in [0.1, 0.15) is 18.3 Å². The molecule has 2 saturated heterocycles. The van der Waals surface area contributed by atoms with Crippen LogP contribution in [0.4, 0.5) is 0 Å². The highest BCUT2D eigenvalue weighted by Gasteiger charge is 2.44. The molecule has 0 aliphatic carbocycles. The number of likely N-dealkylation sites (tertiary alicyclic amines) is 1. The van der Waals surface area contributed by atoms with Crippen LogP contribution in [-0.4, -0.2) is 90.2 Å². The van der Waals surface area contributed by atoms with E-state index in [2.05, 4.69) is 9.64 Å². The predicted octanol–water partition coefficient (Wildman–Crippen LogP) is 0.810. The molecule has 2 fully saturated rings. The smallest absolute Gasteiger partial charge is 0.305 e. The van der Waals surface area contributed by atoms with Crippen molar-refractivity contribution in [3.63, 3.8) is 0 Å². The Balaban J connectivity index is 1.54. The Bertz CT molecular complexity index is 450. The molecule has 8 heteroatoms. The molecular weight excluding hydrogens is 366 g/mol. The largest absolute Gasteiger partial charge is 0.469 e. The van der Waals surface area contributed by atoms with Crippen LogP contribution in [-0.2, 0) is 19.0 Å². The molecule has 2 aliphatic heterocycles. The summed E-state index contributed by atoms with van der Waals surface area (Å²) in [5.74, 6) is -0.152. The van der Waals surface area contributed by atoms with Gasteiger partial charge in [-0.25, -0.2) is 0 Å². The molecule has 28 heavy (non-hydrogen) atoms. The van der Waals surface area contributed by atoms with Crippen molar-refractivity contribution >= 4 is 5.97 Å². The molecule has 0 spiro atoms. The maximum atomic E-state index is 11.0. The summed E-state index contributed by atoms with van der Waals surface area (Å²) in [6.07, 6.45) is 5.04. The molecule has 0 unspecified atom stereocenters. The Morgan fingerprint density at radius 3 is 2.54 bits per heavy atom. The normalized spacial score (nSPS) is 30.8. The van der Waals surface area contributed by atoms with Crippen molar-refractivity contribution < 1.29 is 34.3 Å². The number of hydrogen-bond acceptors (Lipinski definition) is 8. The first-order chi connectivity index (χ1) is 13.6. The van der Waals surface area contributed by atoms with E-state index < -0.39 is 24.6 Å². The standard InChI is InChI=1S/C20H37NO7/c1-26-17(23)10-6-4-2-3-5-7-12-27-20-19(25)18(24)16(28-20)13-21-11-8-9-15(21)14-22/h15-16,18-20,22,24-25H,2-14H2,1H3/t15-,16+,18+,19-,20-/m0/s1. The van der Waals surface area contributed by atoms with Gasteiger partial charge in [0, 0.05) is 25.6 Å². The highest BCUT2D eigenvalue weighted by Crippen LogP contribution is 2.26. The minimum atomic E-state index is -1.04. The lowest BCUT2D eigenvalue weighted by atomic mass is 10.1. The van der Waals surface area contributed by atoms with E-state index >= 15 is 0 Å². The first-order valence-corrected chi connectivity index (χ1v) is 10.6. The van der Waals surface area contributed by atoms with Crippen molar-refractivity contribution in [1.29, 1.82) is 0 Å². The molecule has 3 N–H and O–H groups in total. The lowest BCUT2D eigenvalue weighted by Crippen LogP contribution is -2.43. The van der Waals surface area contributed by atoms with E-state index in [-0.39, 0.29) is 18.6 Å². The zero-order chi connectivity index (χ0) is 20.4. The monoisotopic (exact) mass is 403 g/mol. The molecule has 0 aromatic rings. The van der Waals surface area contributed by atoms with Gasteiger partial charge in [0.25, 0.3) is 0 Å². The van der Waals surface area contributed by atoms with E-state index in [1.165, 1.54) is 7.11 Å². The number of esters is 1. The first-order valence-electron chi connectivity index (χ1n) is 10.6. The summed E-state index contributed by atoms with van der Waals surface area (Å²) >= 11 is 0. The van der Waals surface area contributed by atoms with Gasteiger partial charge in [-0.05, 0) is 32.2 Å². The van der Waals surface area contributed by atoms with E-state index in [9.17, 15) is 20.1 Å². The van der Waals surface area contributed by atoms with Crippen molar-refractivity contribution in [2.24, 2.45) is 0 Å². The van der Waals surface area contributed by atoms with Gasteiger partial charge in [-0.3, -0.25) is 9.69 Å². The molecule has 0 aromatic heterocycles. The molecule has 2 heterocycles. The fourth-order valence-electron chi connectivity index (χ4n) is 3.96. The van der Waals surface area contributed by atoms with Gasteiger partial charge in [-0.2, -0.15) is 0 Å². The van der Waals surface area contributed by atoms with Crippen LogP contribution >= 0.6 is 0 Å². The van der Waals surface area contributed by atoms with Crippen LogP contribution in [0.25, 0.3) is 0 Å². The van der Waals surface area contributed by atoms with Gasteiger partial charge in [-0.15, -0.1) is 0 Å². The molecule has 2 rings (SSSR count). The third kappa shape index (κ3) is 7.24. The van der Waals surface area contributed by atoms with E-state index in [0.717, 1.165) is 57.9 Å². The zero-order valence-electron chi connectivity index (χ0n) is 17.0. The third-order valence-electron chi connectivity index (χ3n) is 5.73. The molecule has 164 valence electrons. The highest BCUT2D eigenvalue weighted by molar-refractivity contribution is 5.68. The van der Waals surface area contributed by atoms with Gasteiger partial charge in [-0.1, -0.05) is 25.7 Å². The number of aliphatic hydroxyl groups is 3. The van der Waals surface area contributed by atoms with Gasteiger partial charge < -0.3 is 29.5 Å². The fourth-order valence-corrected chi connectivity index (χ4v) is 3.96. The second-order valence-corrected chi connectivity index (χ2v) is 7.82. The first kappa shape index (κ1) is 23.5. The summed E-state index contributed by atoms with van der Waals surface area (Å²) in [5.41, 5.74) is 0. The number of ether oxygens (including phenoxy) is 3. The average Bonchev–Trinajstić information content (AvgIpc) is 3.26. The van der Waals surface area contributed by atoms with E-state index in [0.29, 0.717) is 19.6 Å². The van der Waals surface area contributed by atoms with Gasteiger partial charge in [0.15, 0.2) is 6.29 Å². The van der Waals surface area contributed by atoms with E-state index in [1.807, 2.05) is 0 Å². The zero-order valence-corrected chi connectivity index (χ0v) is 17.0. The number of methoxy groups -OCH3 is 1. The number of carbonyl (C=O) groups excluding carboxylic acids is 1. The second kappa shape index (κ2) is 12.7. The molecule has 0 bridgehead atoms. The van der Waals surface area contributed by atoms with Crippen molar-refractivity contribution in [2.75, 3.05) is 33.4 Å². The quantitative estimate of drug-likeness (QED) is 0.306. The number of aliphatic hydroxyl groups excluding tert-OH is 3. The third-order valence-corrected chi connectivity index (χ3v) is 5.73. The summed E-state index contributed by atoms with van der Waals surface area (Å²) in [6, 6.07) is 0.112. The van der Waals surface area contributed by atoms with Crippen LogP contribution in [0.15, 0.2) is 0 Å². The molecule has 0 saturated carbocycles. The summed E-state index contributed by atoms with van der Waals surface area (Å²) in [4.78, 5) is 13.1. The molecule has 0 radical (unpaired) electrons. The highest BCUT2D eigenvalue weighted by atomic mass is 16.7. The van der Waals surface area contributed by atoms with Crippen LogP contribution in [0.3, 0.4) is 0 Å². The number of unbranched alkanes of at least 4 members (excludes halogenated alkanes) is 5. The summed E-state index contributed by atoms with van der Waals surface area (Å²) in [5, 5.41) is 29.8. The van der Waals surface area contributed by atoms with E-state index in [4.69, 9.17) is 9.47 Å². The number of nitrogens with zero attached hydrogens (tertiary/aromatic N) is 1. The molecule has 8 nitrogen and oxygen atoms in total. The summed E-state index contributed by atoms with van der Waals surface area (Å²) in [7, 11) is 1.41. The molecule has 0 aromatic carbocycles. The minimum absolute atomic E-state index is 0.105. The molecule has 5 atom stereocenters. The molecule has 0 amide bonds. The Morgan fingerprint density at radius 2 is 1.82 bits per heavy atom. The van der Waals surface area contributed by atoms with Crippen molar-refractivity contribution in [3.05, 3.63) is 0 Å². The van der Waals surface area contributed by atoms with Crippen molar-refractivity contribution in [3.8, 4) is 0 Å². The topological polar surface area (TPSA) is 109 Å². The Kier molecular flexibility index (Phi) is 10.7. The van der Waals surface area contributed by atoms with Crippen LogP contribution in [0.1, 0.15) is 57.8 Å². The van der Waals surface area contributed by atoms with Crippen LogP contribution in [0.2, 0.25) is 0 Å². The van der Waals surface area contributed by atoms with E-state index in [1.54, 1.807) is 0 Å². The summed E-state index contributed by atoms with van der Waals surface area (Å²) in [6.45, 7) is 1.95. The van der Waals surface area contributed by atoms with Gasteiger partial charge >= 0.3 is 5.97 Å². The van der Waals surface area contributed by atoms with Gasteiger partial charge in [0.05, 0.1) is 13.7 Å². The molecular formula is C20H37NO7. The Labute approximate surface area is 167 Å². The number of rotatable bonds is 13. The van der Waals surface area contributed by atoms with Crippen LogP contribution in [0, 0.1) is 0 Å². The predicted molar refractivity (Wildman–Crippen MR) is 103 cm³/mol. The van der Waals surface area contributed by atoms with Crippen LogP contribution < -0.4 is 0 Å². The SMILES string of the molecule is COC(=O)CCCCCCCCO[C@H]1O[C@H](CN2CCC[C@H]2CO)[C@@H](O)[C@@H]1O. The lowest BCUT2D eigenvalue weighted by molar-refractivity contribution is -0.168. The second-order valence-electron chi connectivity index (χ2n) is 7.82. The Morgan fingerprint density at radius 1 is 1.11 bits per heavy atom. The number of carbonyl (C=O) groups is 1. The van der Waals surface area contributed by atoms with Crippen LogP contribution in [0.5, 0.6) is 0 Å². The van der Waals surface area contributed by atoms with Gasteiger partial charge in [0.2, 0.25) is 0 Å². The Hall–Kier alpha value is -0.770. The minimum Gasteiger partial charge on any atom is -0.469 e. The summed E-state index contributed by atoms with van der Waals surface area (Å²) < 4.78 is 16.0. The lowest BCUT2D eigenvalue weighted by Gasteiger charge is -2.26. The molecule has 2 aliphatic rings. The maximum absolute atomic E-state index is 11.0.